The summed E-state index contributed by atoms with van der Waals surface area (Å²) < 4.78 is 5.39. The lowest BCUT2D eigenvalue weighted by Gasteiger charge is -2.02. The molecule has 10 heavy (non-hydrogen) atoms. The van der Waals surface area contributed by atoms with Gasteiger partial charge in [-0.2, -0.15) is 0 Å². The standard InChI is InChI=1S/C8H17NO/c1-3-4-5-10-7-9-6-8(9)2/h8H,3-7H2,1-2H3. The molecule has 1 heterocycles. The van der Waals surface area contributed by atoms with Crippen LogP contribution in [0.2, 0.25) is 0 Å². The number of ether oxygens (including phenoxy) is 1. The Labute approximate surface area is 63.2 Å². The van der Waals surface area contributed by atoms with Crippen LogP contribution in [0.4, 0.5) is 0 Å². The minimum absolute atomic E-state index is 0.779. The van der Waals surface area contributed by atoms with E-state index in [0.29, 0.717) is 0 Å². The molecule has 1 rings (SSSR count). The van der Waals surface area contributed by atoms with E-state index in [1.165, 1.54) is 19.4 Å². The summed E-state index contributed by atoms with van der Waals surface area (Å²) in [6.07, 6.45) is 2.43. The Morgan fingerprint density at radius 1 is 1.60 bits per heavy atom. The summed E-state index contributed by atoms with van der Waals surface area (Å²) >= 11 is 0. The first-order valence-electron chi connectivity index (χ1n) is 4.16. The number of hydrogen-bond donors (Lipinski definition) is 0. The van der Waals surface area contributed by atoms with Gasteiger partial charge in [-0.15, -0.1) is 0 Å². The Morgan fingerprint density at radius 3 is 2.80 bits per heavy atom. The lowest BCUT2D eigenvalue weighted by molar-refractivity contribution is 0.0763. The predicted molar refractivity (Wildman–Crippen MR) is 41.9 cm³/mol. The van der Waals surface area contributed by atoms with Crippen molar-refractivity contribution in [2.45, 2.75) is 32.7 Å². The Balaban J connectivity index is 1.78. The highest BCUT2D eigenvalue weighted by molar-refractivity contribution is 4.81. The van der Waals surface area contributed by atoms with E-state index in [-0.39, 0.29) is 0 Å². The maximum Gasteiger partial charge on any atom is 0.0993 e. The van der Waals surface area contributed by atoms with Gasteiger partial charge >= 0.3 is 0 Å². The molecule has 0 aromatic carbocycles. The fraction of sp³-hybridized carbons (Fsp3) is 1.00. The first-order valence-corrected chi connectivity index (χ1v) is 4.16. The zero-order chi connectivity index (χ0) is 7.40. The Bertz CT molecular complexity index is 95.3. The third-order valence-electron chi connectivity index (χ3n) is 1.89. The molecule has 60 valence electrons. The van der Waals surface area contributed by atoms with Gasteiger partial charge in [0.2, 0.25) is 0 Å². The summed E-state index contributed by atoms with van der Waals surface area (Å²) in [4.78, 5) is 2.32. The van der Waals surface area contributed by atoms with Crippen LogP contribution in [0.3, 0.4) is 0 Å². The minimum atomic E-state index is 0.779. The molecule has 0 radical (unpaired) electrons. The number of unbranched alkanes of at least 4 members (excludes halogenated alkanes) is 1. The van der Waals surface area contributed by atoms with Gasteiger partial charge in [-0.25, -0.2) is 0 Å². The van der Waals surface area contributed by atoms with E-state index in [4.69, 9.17) is 4.74 Å². The van der Waals surface area contributed by atoms with Crippen molar-refractivity contribution in [3.05, 3.63) is 0 Å². The lowest BCUT2D eigenvalue weighted by Crippen LogP contribution is -2.07. The molecule has 1 fully saturated rings. The van der Waals surface area contributed by atoms with E-state index >= 15 is 0 Å². The van der Waals surface area contributed by atoms with Crippen molar-refractivity contribution < 1.29 is 4.74 Å². The second-order valence-electron chi connectivity index (χ2n) is 3.01. The third-order valence-corrected chi connectivity index (χ3v) is 1.89. The Kier molecular flexibility index (Phi) is 3.16. The van der Waals surface area contributed by atoms with Gasteiger partial charge in [-0.3, -0.25) is 4.90 Å². The molecule has 2 unspecified atom stereocenters. The first-order chi connectivity index (χ1) is 4.84. The van der Waals surface area contributed by atoms with Crippen LogP contribution in [0.25, 0.3) is 0 Å². The predicted octanol–water partition coefficient (Wildman–Crippen LogP) is 1.46. The summed E-state index contributed by atoms with van der Waals surface area (Å²) in [5.41, 5.74) is 0. The summed E-state index contributed by atoms with van der Waals surface area (Å²) in [7, 11) is 0. The number of rotatable bonds is 5. The normalized spacial score (nSPS) is 30.6. The average Bonchev–Trinajstić information content (AvgIpc) is 2.60. The largest absolute Gasteiger partial charge is 0.366 e. The molecule has 2 heteroatoms. The number of nitrogens with zero attached hydrogens (tertiary/aromatic N) is 1. The van der Waals surface area contributed by atoms with Gasteiger partial charge in [-0.1, -0.05) is 13.3 Å². The molecule has 0 spiro atoms. The zero-order valence-electron chi connectivity index (χ0n) is 6.97. The summed E-state index contributed by atoms with van der Waals surface area (Å²) in [6.45, 7) is 7.42. The maximum absolute atomic E-state index is 5.39. The molecule has 2 nitrogen and oxygen atoms in total. The van der Waals surface area contributed by atoms with Crippen LogP contribution < -0.4 is 0 Å². The highest BCUT2D eigenvalue weighted by Crippen LogP contribution is 2.14. The molecule has 0 aliphatic carbocycles. The minimum Gasteiger partial charge on any atom is -0.366 e. The summed E-state index contributed by atoms with van der Waals surface area (Å²) in [6, 6.07) is 0.779. The summed E-state index contributed by atoms with van der Waals surface area (Å²) in [5.74, 6) is 0. The SMILES string of the molecule is CCCCOCN1CC1C. The van der Waals surface area contributed by atoms with E-state index < -0.39 is 0 Å². The first kappa shape index (κ1) is 8.02. The molecule has 0 saturated carbocycles. The van der Waals surface area contributed by atoms with Crippen molar-refractivity contribution in [2.24, 2.45) is 0 Å². The van der Waals surface area contributed by atoms with Gasteiger partial charge in [-0.05, 0) is 13.3 Å². The smallest absolute Gasteiger partial charge is 0.0993 e. The lowest BCUT2D eigenvalue weighted by atomic mass is 10.4. The van der Waals surface area contributed by atoms with Crippen LogP contribution in [0, 0.1) is 0 Å². The van der Waals surface area contributed by atoms with Crippen molar-refractivity contribution in [1.82, 2.24) is 4.90 Å². The second kappa shape index (κ2) is 3.94. The van der Waals surface area contributed by atoms with Crippen molar-refractivity contribution in [1.29, 1.82) is 0 Å². The van der Waals surface area contributed by atoms with Gasteiger partial charge in [0.05, 0.1) is 6.73 Å². The van der Waals surface area contributed by atoms with Crippen LogP contribution in [0.5, 0.6) is 0 Å². The third kappa shape index (κ3) is 2.67. The fourth-order valence-corrected chi connectivity index (χ4v) is 0.900. The summed E-state index contributed by atoms with van der Waals surface area (Å²) in [5, 5.41) is 0. The van der Waals surface area contributed by atoms with E-state index in [1.807, 2.05) is 0 Å². The van der Waals surface area contributed by atoms with Gasteiger partial charge in [0.15, 0.2) is 0 Å². The van der Waals surface area contributed by atoms with Gasteiger partial charge in [0.1, 0.15) is 0 Å². The molecule has 0 amide bonds. The van der Waals surface area contributed by atoms with Crippen LogP contribution >= 0.6 is 0 Å². The quantitative estimate of drug-likeness (QED) is 0.426. The van der Waals surface area contributed by atoms with Gasteiger partial charge in [0.25, 0.3) is 0 Å². The van der Waals surface area contributed by atoms with Crippen molar-refractivity contribution in [3.8, 4) is 0 Å². The maximum atomic E-state index is 5.39. The highest BCUT2D eigenvalue weighted by Gasteiger charge is 2.28. The van der Waals surface area contributed by atoms with Crippen molar-refractivity contribution >= 4 is 0 Å². The molecule has 1 aliphatic rings. The molecule has 0 aromatic rings. The molecular weight excluding hydrogens is 126 g/mol. The average molecular weight is 143 g/mol. The van der Waals surface area contributed by atoms with E-state index in [9.17, 15) is 0 Å². The van der Waals surface area contributed by atoms with E-state index in [2.05, 4.69) is 18.7 Å². The monoisotopic (exact) mass is 143 g/mol. The molecular formula is C8H17NO. The molecule has 1 saturated heterocycles. The second-order valence-corrected chi connectivity index (χ2v) is 3.01. The molecule has 0 N–H and O–H groups in total. The Morgan fingerprint density at radius 2 is 2.30 bits per heavy atom. The molecule has 0 bridgehead atoms. The van der Waals surface area contributed by atoms with E-state index in [0.717, 1.165) is 19.4 Å². The van der Waals surface area contributed by atoms with E-state index in [1.54, 1.807) is 0 Å². The highest BCUT2D eigenvalue weighted by atomic mass is 16.5. The fourth-order valence-electron chi connectivity index (χ4n) is 0.900. The van der Waals surface area contributed by atoms with Crippen LogP contribution in [-0.2, 0) is 4.74 Å². The Hall–Kier alpha value is -0.0800. The molecule has 2 atom stereocenters. The van der Waals surface area contributed by atoms with Crippen LogP contribution in [0.1, 0.15) is 26.7 Å². The number of hydrogen-bond acceptors (Lipinski definition) is 2. The topological polar surface area (TPSA) is 12.2 Å². The van der Waals surface area contributed by atoms with Crippen molar-refractivity contribution in [2.75, 3.05) is 19.9 Å². The van der Waals surface area contributed by atoms with Crippen LogP contribution in [-0.4, -0.2) is 30.8 Å². The van der Waals surface area contributed by atoms with Crippen molar-refractivity contribution in [3.63, 3.8) is 0 Å². The molecule has 1 aliphatic heterocycles. The molecule has 0 aromatic heterocycles. The van der Waals surface area contributed by atoms with Crippen LogP contribution in [0.15, 0.2) is 0 Å². The van der Waals surface area contributed by atoms with Gasteiger partial charge < -0.3 is 4.74 Å². The van der Waals surface area contributed by atoms with Gasteiger partial charge in [0, 0.05) is 19.2 Å². The zero-order valence-corrected chi connectivity index (χ0v) is 6.97.